The summed E-state index contributed by atoms with van der Waals surface area (Å²) in [7, 11) is 0. The van der Waals surface area contributed by atoms with Crippen LogP contribution in [-0.4, -0.2) is 0 Å². The summed E-state index contributed by atoms with van der Waals surface area (Å²) in [5.74, 6) is 2.13. The third-order valence-electron chi connectivity index (χ3n) is 1.44. The number of hydrogen-bond donors (Lipinski definition) is 1. The minimum absolute atomic E-state index is 0.275. The van der Waals surface area contributed by atoms with E-state index in [0.717, 1.165) is 0 Å². The summed E-state index contributed by atoms with van der Waals surface area (Å²) in [4.78, 5) is 0. The van der Waals surface area contributed by atoms with Gasteiger partial charge in [0.1, 0.15) is 5.82 Å². The normalized spacial score (nSPS) is 9.18. The van der Waals surface area contributed by atoms with Crippen molar-refractivity contribution in [1.82, 2.24) is 0 Å². The molecule has 0 aliphatic heterocycles. The highest BCUT2D eigenvalue weighted by molar-refractivity contribution is 5.39. The molecule has 0 bridgehead atoms. The fourth-order valence-electron chi connectivity index (χ4n) is 0.872. The van der Waals surface area contributed by atoms with Crippen LogP contribution in [0.15, 0.2) is 18.2 Å². The molecule has 0 amide bonds. The quantitative estimate of drug-likeness (QED) is 0.598. The van der Waals surface area contributed by atoms with Crippen molar-refractivity contribution >= 4 is 0 Å². The Morgan fingerprint density at radius 3 is 2.82 bits per heavy atom. The Bertz CT molecular complexity index is 299. The van der Waals surface area contributed by atoms with E-state index in [2.05, 4.69) is 5.92 Å². The van der Waals surface area contributed by atoms with Crippen molar-refractivity contribution in [2.45, 2.75) is 6.54 Å². The van der Waals surface area contributed by atoms with E-state index in [4.69, 9.17) is 12.2 Å². The first kappa shape index (κ1) is 7.77. The molecule has 0 aliphatic carbocycles. The molecule has 0 aromatic heterocycles. The molecule has 0 saturated heterocycles. The van der Waals surface area contributed by atoms with Crippen LogP contribution in [0, 0.1) is 18.2 Å². The van der Waals surface area contributed by atoms with Crippen LogP contribution >= 0.6 is 0 Å². The molecule has 0 unspecified atom stereocenters. The van der Waals surface area contributed by atoms with Gasteiger partial charge in [-0.25, -0.2) is 4.39 Å². The van der Waals surface area contributed by atoms with Gasteiger partial charge in [-0.1, -0.05) is 5.92 Å². The highest BCUT2D eigenvalue weighted by Crippen LogP contribution is 2.08. The number of halogens is 1. The van der Waals surface area contributed by atoms with Gasteiger partial charge in [-0.2, -0.15) is 0 Å². The van der Waals surface area contributed by atoms with Crippen molar-refractivity contribution in [1.29, 1.82) is 0 Å². The number of nitrogens with two attached hydrogens (primary N) is 1. The minimum atomic E-state index is -0.301. The Labute approximate surface area is 65.0 Å². The number of rotatable bonds is 1. The first-order valence-electron chi connectivity index (χ1n) is 3.23. The van der Waals surface area contributed by atoms with Crippen LogP contribution in [0.4, 0.5) is 4.39 Å². The molecule has 0 heterocycles. The molecule has 11 heavy (non-hydrogen) atoms. The average molecular weight is 149 g/mol. The van der Waals surface area contributed by atoms with Gasteiger partial charge in [0.05, 0.1) is 0 Å². The first-order chi connectivity index (χ1) is 5.27. The number of terminal acetylenes is 1. The highest BCUT2D eigenvalue weighted by atomic mass is 19.1. The van der Waals surface area contributed by atoms with Gasteiger partial charge in [0.25, 0.3) is 0 Å². The SMILES string of the molecule is C#Cc1ccc(F)cc1CN. The molecule has 0 saturated carbocycles. The maximum absolute atomic E-state index is 12.5. The molecule has 0 spiro atoms. The third-order valence-corrected chi connectivity index (χ3v) is 1.44. The fourth-order valence-corrected chi connectivity index (χ4v) is 0.872. The van der Waals surface area contributed by atoms with E-state index in [1.165, 1.54) is 12.1 Å². The highest BCUT2D eigenvalue weighted by Gasteiger charge is 1.98. The summed E-state index contributed by atoms with van der Waals surface area (Å²) in [5, 5.41) is 0. The summed E-state index contributed by atoms with van der Waals surface area (Å²) >= 11 is 0. The Balaban J connectivity index is 3.19. The van der Waals surface area contributed by atoms with E-state index in [1.54, 1.807) is 6.07 Å². The van der Waals surface area contributed by atoms with Crippen LogP contribution in [0.2, 0.25) is 0 Å². The van der Waals surface area contributed by atoms with Crippen LogP contribution in [0.25, 0.3) is 0 Å². The molecular formula is C9H8FN. The van der Waals surface area contributed by atoms with Crippen molar-refractivity contribution in [3.63, 3.8) is 0 Å². The smallest absolute Gasteiger partial charge is 0.123 e. The van der Waals surface area contributed by atoms with E-state index < -0.39 is 0 Å². The van der Waals surface area contributed by atoms with Crippen LogP contribution in [0.3, 0.4) is 0 Å². The summed E-state index contributed by atoms with van der Waals surface area (Å²) < 4.78 is 12.5. The predicted octanol–water partition coefficient (Wildman–Crippen LogP) is 1.27. The lowest BCUT2D eigenvalue weighted by atomic mass is 10.1. The van der Waals surface area contributed by atoms with Crippen molar-refractivity contribution in [3.8, 4) is 12.3 Å². The van der Waals surface area contributed by atoms with Crippen LogP contribution in [0.5, 0.6) is 0 Å². The zero-order chi connectivity index (χ0) is 8.27. The van der Waals surface area contributed by atoms with Gasteiger partial charge in [0.2, 0.25) is 0 Å². The zero-order valence-corrected chi connectivity index (χ0v) is 5.97. The van der Waals surface area contributed by atoms with E-state index in [-0.39, 0.29) is 12.4 Å². The number of benzene rings is 1. The van der Waals surface area contributed by atoms with Gasteiger partial charge in [-0.05, 0) is 23.8 Å². The van der Waals surface area contributed by atoms with Gasteiger partial charge < -0.3 is 5.73 Å². The second kappa shape index (κ2) is 3.18. The lowest BCUT2D eigenvalue weighted by molar-refractivity contribution is 0.625. The maximum Gasteiger partial charge on any atom is 0.123 e. The van der Waals surface area contributed by atoms with Gasteiger partial charge in [0.15, 0.2) is 0 Å². The van der Waals surface area contributed by atoms with Crippen LogP contribution in [0.1, 0.15) is 11.1 Å². The molecule has 1 aromatic rings. The Hall–Kier alpha value is -1.33. The molecule has 1 nitrogen and oxygen atoms in total. The molecule has 0 atom stereocenters. The molecule has 2 N–H and O–H groups in total. The van der Waals surface area contributed by atoms with E-state index in [1.807, 2.05) is 0 Å². The Morgan fingerprint density at radius 1 is 1.55 bits per heavy atom. The summed E-state index contributed by atoms with van der Waals surface area (Å²) in [6.45, 7) is 0.275. The molecule has 1 rings (SSSR count). The fraction of sp³-hybridized carbons (Fsp3) is 0.111. The molecule has 1 aromatic carbocycles. The molecule has 0 radical (unpaired) electrons. The lowest BCUT2D eigenvalue weighted by Gasteiger charge is -1.99. The lowest BCUT2D eigenvalue weighted by Crippen LogP contribution is -1.99. The third kappa shape index (κ3) is 1.57. The topological polar surface area (TPSA) is 26.0 Å². The Morgan fingerprint density at radius 2 is 2.27 bits per heavy atom. The van der Waals surface area contributed by atoms with Gasteiger partial charge in [-0.15, -0.1) is 6.42 Å². The van der Waals surface area contributed by atoms with Gasteiger partial charge in [0, 0.05) is 12.1 Å². The molecule has 56 valence electrons. The summed E-state index contributed by atoms with van der Waals surface area (Å²) in [5.41, 5.74) is 6.67. The van der Waals surface area contributed by atoms with E-state index >= 15 is 0 Å². The number of hydrogen-bond acceptors (Lipinski definition) is 1. The van der Waals surface area contributed by atoms with Crippen LogP contribution < -0.4 is 5.73 Å². The van der Waals surface area contributed by atoms with Gasteiger partial charge in [-0.3, -0.25) is 0 Å². The monoisotopic (exact) mass is 149 g/mol. The van der Waals surface area contributed by atoms with Crippen molar-refractivity contribution < 1.29 is 4.39 Å². The van der Waals surface area contributed by atoms with Gasteiger partial charge >= 0.3 is 0 Å². The molecular weight excluding hydrogens is 141 g/mol. The van der Waals surface area contributed by atoms with Crippen molar-refractivity contribution in [2.75, 3.05) is 0 Å². The van der Waals surface area contributed by atoms with E-state index in [0.29, 0.717) is 11.1 Å². The summed E-state index contributed by atoms with van der Waals surface area (Å²) in [6, 6.07) is 4.24. The standard InChI is InChI=1S/C9H8FN/c1-2-7-3-4-9(10)5-8(7)6-11/h1,3-5H,6,11H2. The van der Waals surface area contributed by atoms with Crippen molar-refractivity contribution in [3.05, 3.63) is 35.1 Å². The predicted molar refractivity (Wildman–Crippen MR) is 42.2 cm³/mol. The largest absolute Gasteiger partial charge is 0.326 e. The second-order valence-electron chi connectivity index (χ2n) is 2.15. The minimum Gasteiger partial charge on any atom is -0.326 e. The molecule has 0 aliphatic rings. The average Bonchev–Trinajstić information content (AvgIpc) is 2.04. The van der Waals surface area contributed by atoms with E-state index in [9.17, 15) is 4.39 Å². The Kier molecular flexibility index (Phi) is 2.25. The summed E-state index contributed by atoms with van der Waals surface area (Å²) in [6.07, 6.45) is 5.15. The second-order valence-corrected chi connectivity index (χ2v) is 2.15. The first-order valence-corrected chi connectivity index (χ1v) is 3.23. The zero-order valence-electron chi connectivity index (χ0n) is 5.97. The molecule has 2 heteroatoms. The van der Waals surface area contributed by atoms with Crippen LogP contribution in [-0.2, 0) is 6.54 Å². The maximum atomic E-state index is 12.5. The van der Waals surface area contributed by atoms with Crippen molar-refractivity contribution in [2.24, 2.45) is 5.73 Å². The molecule has 0 fully saturated rings.